The smallest absolute Gasteiger partial charge is 0.305 e. The summed E-state index contributed by atoms with van der Waals surface area (Å²) in [4.78, 5) is 14.1. The van der Waals surface area contributed by atoms with Crippen molar-refractivity contribution < 1.29 is 8.42 Å². The number of rotatable bonds is 5. The third kappa shape index (κ3) is 3.68. The number of H-pyrrole nitrogens is 1. The molecule has 3 rings (SSSR count). The van der Waals surface area contributed by atoms with Crippen molar-refractivity contribution >= 4 is 37.3 Å². The van der Waals surface area contributed by atoms with Gasteiger partial charge in [-0.1, -0.05) is 37.3 Å². The molecule has 0 fully saturated rings. The predicted molar refractivity (Wildman–Crippen MR) is 98.2 cm³/mol. The Morgan fingerprint density at radius 3 is 2.50 bits per heavy atom. The standard InChI is InChI=1S/C17H18N2O3S2/c1-11(2)9-12-3-6-14(7-4-12)24(21,22)19-13-5-8-15-16(10-13)23-17(20)18-15/h3-8,10-11,19H,9H2,1-2H3,(H,18,20). The molecule has 2 aromatic carbocycles. The summed E-state index contributed by atoms with van der Waals surface area (Å²) in [6, 6.07) is 11.9. The van der Waals surface area contributed by atoms with Gasteiger partial charge in [0.05, 0.1) is 20.8 Å². The van der Waals surface area contributed by atoms with Gasteiger partial charge in [-0.05, 0) is 48.2 Å². The van der Waals surface area contributed by atoms with E-state index in [0.29, 0.717) is 21.8 Å². The second kappa shape index (κ2) is 6.41. The van der Waals surface area contributed by atoms with Crippen molar-refractivity contribution in [3.63, 3.8) is 0 Å². The van der Waals surface area contributed by atoms with Crippen LogP contribution < -0.4 is 9.60 Å². The number of hydrogen-bond donors (Lipinski definition) is 2. The van der Waals surface area contributed by atoms with Gasteiger partial charge >= 0.3 is 4.87 Å². The Balaban J connectivity index is 1.85. The van der Waals surface area contributed by atoms with Gasteiger partial charge in [-0.15, -0.1) is 0 Å². The van der Waals surface area contributed by atoms with Crippen molar-refractivity contribution in [1.29, 1.82) is 0 Å². The highest BCUT2D eigenvalue weighted by molar-refractivity contribution is 7.92. The van der Waals surface area contributed by atoms with Gasteiger partial charge in [-0.25, -0.2) is 8.42 Å². The third-order valence-electron chi connectivity index (χ3n) is 3.55. The van der Waals surface area contributed by atoms with Gasteiger partial charge in [0.2, 0.25) is 0 Å². The fraction of sp³-hybridized carbons (Fsp3) is 0.235. The lowest BCUT2D eigenvalue weighted by atomic mass is 10.0. The van der Waals surface area contributed by atoms with Crippen LogP contribution in [0.1, 0.15) is 19.4 Å². The lowest BCUT2D eigenvalue weighted by Gasteiger charge is -2.10. The molecule has 0 atom stereocenters. The van der Waals surface area contributed by atoms with Crippen LogP contribution >= 0.6 is 11.3 Å². The van der Waals surface area contributed by atoms with Crippen molar-refractivity contribution in [3.05, 3.63) is 57.7 Å². The minimum absolute atomic E-state index is 0.161. The maximum absolute atomic E-state index is 12.5. The number of fused-ring (bicyclic) bond motifs is 1. The van der Waals surface area contributed by atoms with Crippen LogP contribution in [0.2, 0.25) is 0 Å². The number of anilines is 1. The zero-order valence-corrected chi connectivity index (χ0v) is 15.0. The van der Waals surface area contributed by atoms with E-state index >= 15 is 0 Å². The Kier molecular flexibility index (Phi) is 4.47. The van der Waals surface area contributed by atoms with Gasteiger partial charge in [0.15, 0.2) is 0 Å². The fourth-order valence-corrected chi connectivity index (χ4v) is 4.32. The zero-order chi connectivity index (χ0) is 17.3. The summed E-state index contributed by atoms with van der Waals surface area (Å²) in [5, 5.41) is 0. The first-order chi connectivity index (χ1) is 11.3. The van der Waals surface area contributed by atoms with Crippen LogP contribution in [0, 0.1) is 5.92 Å². The third-order valence-corrected chi connectivity index (χ3v) is 5.79. The molecule has 0 radical (unpaired) electrons. The van der Waals surface area contributed by atoms with E-state index in [9.17, 15) is 13.2 Å². The summed E-state index contributed by atoms with van der Waals surface area (Å²) in [5.74, 6) is 0.519. The Morgan fingerprint density at radius 1 is 1.12 bits per heavy atom. The Labute approximate surface area is 144 Å². The van der Waals surface area contributed by atoms with E-state index in [4.69, 9.17) is 0 Å². The Bertz CT molecular complexity index is 1020. The number of sulfonamides is 1. The van der Waals surface area contributed by atoms with E-state index in [-0.39, 0.29) is 9.77 Å². The van der Waals surface area contributed by atoms with Gasteiger partial charge in [-0.3, -0.25) is 9.52 Å². The van der Waals surface area contributed by atoms with Crippen LogP contribution in [-0.2, 0) is 16.4 Å². The van der Waals surface area contributed by atoms with Gasteiger partial charge in [0.1, 0.15) is 0 Å². The van der Waals surface area contributed by atoms with E-state index < -0.39 is 10.0 Å². The molecule has 0 aliphatic heterocycles. The summed E-state index contributed by atoms with van der Waals surface area (Å²) in [7, 11) is -3.65. The molecule has 5 nitrogen and oxygen atoms in total. The lowest BCUT2D eigenvalue weighted by Crippen LogP contribution is -2.12. The summed E-state index contributed by atoms with van der Waals surface area (Å²) in [5.41, 5.74) is 2.25. The molecule has 1 aromatic heterocycles. The van der Waals surface area contributed by atoms with Crippen LogP contribution in [0.4, 0.5) is 5.69 Å². The molecule has 2 N–H and O–H groups in total. The highest BCUT2D eigenvalue weighted by atomic mass is 32.2. The molecular formula is C17H18N2O3S2. The topological polar surface area (TPSA) is 79.0 Å². The second-order valence-corrected chi connectivity index (χ2v) is 8.77. The highest BCUT2D eigenvalue weighted by Crippen LogP contribution is 2.22. The molecule has 1 heterocycles. The van der Waals surface area contributed by atoms with Crippen molar-refractivity contribution in [2.45, 2.75) is 25.2 Å². The molecule has 24 heavy (non-hydrogen) atoms. The lowest BCUT2D eigenvalue weighted by molar-refractivity contribution is 0.601. The van der Waals surface area contributed by atoms with Crippen LogP contribution in [0.15, 0.2) is 52.2 Å². The van der Waals surface area contributed by atoms with Crippen LogP contribution in [-0.4, -0.2) is 13.4 Å². The van der Waals surface area contributed by atoms with Crippen LogP contribution in [0.3, 0.4) is 0 Å². The quantitative estimate of drug-likeness (QED) is 0.728. The average molecular weight is 362 g/mol. The molecule has 3 aromatic rings. The number of hydrogen-bond acceptors (Lipinski definition) is 4. The SMILES string of the molecule is CC(C)Cc1ccc(S(=O)(=O)Nc2ccc3[nH]c(=O)sc3c2)cc1. The van der Waals surface area contributed by atoms with Crippen LogP contribution in [0.5, 0.6) is 0 Å². The van der Waals surface area contributed by atoms with E-state index in [1.165, 1.54) is 0 Å². The highest BCUT2D eigenvalue weighted by Gasteiger charge is 2.14. The first-order valence-corrected chi connectivity index (χ1v) is 9.88. The van der Waals surface area contributed by atoms with E-state index in [1.807, 2.05) is 12.1 Å². The molecule has 7 heteroatoms. The molecule has 0 bridgehead atoms. The van der Waals surface area contributed by atoms with E-state index in [0.717, 1.165) is 23.3 Å². The zero-order valence-electron chi connectivity index (χ0n) is 13.4. The fourth-order valence-electron chi connectivity index (χ4n) is 2.50. The van der Waals surface area contributed by atoms with Gasteiger partial charge in [0.25, 0.3) is 10.0 Å². The summed E-state index contributed by atoms with van der Waals surface area (Å²) in [6.07, 6.45) is 0.914. The van der Waals surface area contributed by atoms with Crippen molar-refractivity contribution in [1.82, 2.24) is 4.98 Å². The summed E-state index contributed by atoms with van der Waals surface area (Å²) < 4.78 is 28.3. The minimum Gasteiger partial charge on any atom is -0.312 e. The van der Waals surface area contributed by atoms with Gasteiger partial charge in [-0.2, -0.15) is 0 Å². The van der Waals surface area contributed by atoms with Gasteiger partial charge < -0.3 is 4.98 Å². The molecule has 0 aliphatic rings. The van der Waals surface area contributed by atoms with Crippen molar-refractivity contribution in [2.75, 3.05) is 4.72 Å². The minimum atomic E-state index is -3.65. The normalized spacial score (nSPS) is 12.0. The van der Waals surface area contributed by atoms with E-state index in [1.54, 1.807) is 30.3 Å². The molecule has 126 valence electrons. The molecule has 0 spiro atoms. The van der Waals surface area contributed by atoms with Crippen molar-refractivity contribution in [2.24, 2.45) is 5.92 Å². The summed E-state index contributed by atoms with van der Waals surface area (Å²) >= 11 is 1.05. The average Bonchev–Trinajstić information content (AvgIpc) is 2.86. The number of thiazole rings is 1. The first kappa shape index (κ1) is 16.7. The Morgan fingerprint density at radius 2 is 1.83 bits per heavy atom. The Hall–Kier alpha value is -2.12. The molecule has 0 unspecified atom stereocenters. The second-order valence-electron chi connectivity index (χ2n) is 6.07. The molecule has 0 saturated carbocycles. The molecule has 0 saturated heterocycles. The van der Waals surface area contributed by atoms with E-state index in [2.05, 4.69) is 23.6 Å². The predicted octanol–water partition coefficient (Wildman–Crippen LogP) is 3.59. The molecular weight excluding hydrogens is 344 g/mol. The maximum Gasteiger partial charge on any atom is 0.305 e. The number of aromatic nitrogens is 1. The number of benzene rings is 2. The molecule has 0 aliphatic carbocycles. The summed E-state index contributed by atoms with van der Waals surface area (Å²) in [6.45, 7) is 4.25. The van der Waals surface area contributed by atoms with Gasteiger partial charge in [0, 0.05) is 0 Å². The largest absolute Gasteiger partial charge is 0.312 e. The molecule has 0 amide bonds. The monoisotopic (exact) mass is 362 g/mol. The first-order valence-electron chi connectivity index (χ1n) is 7.58. The maximum atomic E-state index is 12.5. The number of nitrogens with one attached hydrogen (secondary N) is 2. The van der Waals surface area contributed by atoms with Crippen molar-refractivity contribution in [3.8, 4) is 0 Å². The van der Waals surface area contributed by atoms with Crippen LogP contribution in [0.25, 0.3) is 10.2 Å². The number of aromatic amines is 1.